The van der Waals surface area contributed by atoms with Gasteiger partial charge in [-0.25, -0.2) is 15.0 Å². The zero-order valence-corrected chi connectivity index (χ0v) is 26.5. The highest BCUT2D eigenvalue weighted by atomic mass is 15.0. The first-order valence-corrected chi connectivity index (χ1v) is 16.4. The Kier molecular flexibility index (Phi) is 6.71. The van der Waals surface area contributed by atoms with Crippen LogP contribution in [0.3, 0.4) is 0 Å². The molecule has 0 N–H and O–H groups in total. The summed E-state index contributed by atoms with van der Waals surface area (Å²) < 4.78 is 0. The quantitative estimate of drug-likeness (QED) is 0.191. The molecule has 0 aliphatic heterocycles. The Morgan fingerprint density at radius 1 is 0.429 bits per heavy atom. The zero-order valence-electron chi connectivity index (χ0n) is 26.5. The molecule has 0 fully saturated rings. The van der Waals surface area contributed by atoms with Crippen LogP contribution >= 0.6 is 0 Å². The largest absolute Gasteiger partial charge is 0.208 e. The Bertz CT molecular complexity index is 2500. The van der Waals surface area contributed by atoms with Gasteiger partial charge in [0.2, 0.25) is 0 Å². The van der Waals surface area contributed by atoms with Crippen LogP contribution in [0.5, 0.6) is 0 Å². The molecule has 1 aromatic heterocycles. The van der Waals surface area contributed by atoms with Gasteiger partial charge in [-0.1, -0.05) is 152 Å². The summed E-state index contributed by atoms with van der Waals surface area (Å²) in [5, 5.41) is 12.2. The number of nitrogens with zero attached hydrogens (tertiary/aromatic N) is 4. The van der Waals surface area contributed by atoms with Gasteiger partial charge in [0.05, 0.1) is 17.0 Å². The first kappa shape index (κ1) is 28.5. The molecule has 9 rings (SSSR count). The van der Waals surface area contributed by atoms with Crippen LogP contribution in [0, 0.1) is 11.3 Å². The van der Waals surface area contributed by atoms with Gasteiger partial charge in [-0.2, -0.15) is 5.26 Å². The molecule has 1 aliphatic rings. The van der Waals surface area contributed by atoms with Crippen LogP contribution in [-0.4, -0.2) is 15.0 Å². The summed E-state index contributed by atoms with van der Waals surface area (Å²) in [5.74, 6) is 1.84. The van der Waals surface area contributed by atoms with Crippen molar-refractivity contribution in [1.29, 1.82) is 5.26 Å². The van der Waals surface area contributed by atoms with Gasteiger partial charge in [0.15, 0.2) is 17.5 Å². The van der Waals surface area contributed by atoms with Gasteiger partial charge in [0, 0.05) is 16.7 Å². The second-order valence-electron chi connectivity index (χ2n) is 12.3. The van der Waals surface area contributed by atoms with E-state index in [-0.39, 0.29) is 0 Å². The van der Waals surface area contributed by atoms with Crippen LogP contribution in [0.15, 0.2) is 170 Å². The number of hydrogen-bond donors (Lipinski definition) is 0. The van der Waals surface area contributed by atoms with Crippen molar-refractivity contribution in [2.24, 2.45) is 0 Å². The van der Waals surface area contributed by atoms with E-state index in [1.54, 1.807) is 0 Å². The SMILES string of the molecule is N#Cc1cccc(C2(c3ccccc3)c3ccccc3-c3c2cc(-c2nc(-c4ccccc4)nc(-c4ccccc4)n2)c2ccccc32)c1. The monoisotopic (exact) mass is 624 g/mol. The van der Waals surface area contributed by atoms with Gasteiger partial charge < -0.3 is 0 Å². The second-order valence-corrected chi connectivity index (χ2v) is 12.3. The third-order valence-electron chi connectivity index (χ3n) is 9.62. The number of aromatic nitrogens is 3. The third kappa shape index (κ3) is 4.48. The Morgan fingerprint density at radius 3 is 1.65 bits per heavy atom. The molecule has 1 heterocycles. The highest BCUT2D eigenvalue weighted by Crippen LogP contribution is 2.58. The molecule has 7 aromatic carbocycles. The fourth-order valence-corrected chi connectivity index (χ4v) is 7.55. The van der Waals surface area contributed by atoms with E-state index in [1.165, 1.54) is 16.7 Å². The summed E-state index contributed by atoms with van der Waals surface area (Å²) in [6, 6.07) is 60.8. The predicted molar refractivity (Wildman–Crippen MR) is 196 cm³/mol. The van der Waals surface area contributed by atoms with Crippen molar-refractivity contribution in [3.05, 3.63) is 198 Å². The van der Waals surface area contributed by atoms with Crippen LogP contribution in [0.4, 0.5) is 0 Å². The maximum absolute atomic E-state index is 10.1. The average molecular weight is 625 g/mol. The maximum atomic E-state index is 10.1. The molecule has 0 saturated heterocycles. The van der Waals surface area contributed by atoms with E-state index < -0.39 is 5.41 Å². The van der Waals surface area contributed by atoms with Crippen molar-refractivity contribution in [3.63, 3.8) is 0 Å². The molecule has 49 heavy (non-hydrogen) atoms. The van der Waals surface area contributed by atoms with Gasteiger partial charge in [-0.05, 0) is 62.4 Å². The van der Waals surface area contributed by atoms with E-state index in [2.05, 4.69) is 97.1 Å². The second kappa shape index (κ2) is 11.5. The number of rotatable bonds is 5. The summed E-state index contributed by atoms with van der Waals surface area (Å²) in [6.45, 7) is 0. The van der Waals surface area contributed by atoms with Crippen LogP contribution < -0.4 is 0 Å². The van der Waals surface area contributed by atoms with Gasteiger partial charge in [-0.15, -0.1) is 0 Å². The van der Waals surface area contributed by atoms with Crippen LogP contribution in [0.1, 0.15) is 27.8 Å². The highest BCUT2D eigenvalue weighted by Gasteiger charge is 2.47. The first-order chi connectivity index (χ1) is 24.3. The van der Waals surface area contributed by atoms with E-state index >= 15 is 0 Å². The van der Waals surface area contributed by atoms with E-state index in [0.29, 0.717) is 23.0 Å². The van der Waals surface area contributed by atoms with Crippen molar-refractivity contribution in [1.82, 2.24) is 15.0 Å². The maximum Gasteiger partial charge on any atom is 0.164 e. The van der Waals surface area contributed by atoms with Gasteiger partial charge >= 0.3 is 0 Å². The van der Waals surface area contributed by atoms with Crippen LogP contribution in [0.25, 0.3) is 56.1 Å². The molecule has 228 valence electrons. The Labute approximate surface area is 284 Å². The molecule has 0 amide bonds. The van der Waals surface area contributed by atoms with Crippen molar-refractivity contribution in [3.8, 4) is 51.4 Å². The lowest BCUT2D eigenvalue weighted by Crippen LogP contribution is -2.28. The molecule has 4 nitrogen and oxygen atoms in total. The normalized spacial score (nSPS) is 14.6. The van der Waals surface area contributed by atoms with Gasteiger partial charge in [0.1, 0.15) is 0 Å². The van der Waals surface area contributed by atoms with E-state index in [9.17, 15) is 5.26 Å². The van der Waals surface area contributed by atoms with Gasteiger partial charge in [-0.3, -0.25) is 0 Å². The number of nitriles is 1. The average Bonchev–Trinajstić information content (AvgIpc) is 3.49. The molecule has 1 aliphatic carbocycles. The molecule has 0 spiro atoms. The Balaban J connectivity index is 1.42. The highest BCUT2D eigenvalue weighted by molar-refractivity contribution is 6.09. The molecule has 8 aromatic rings. The number of benzene rings is 7. The van der Waals surface area contributed by atoms with Crippen LogP contribution in [-0.2, 0) is 5.41 Å². The lowest BCUT2D eigenvalue weighted by Gasteiger charge is -2.34. The van der Waals surface area contributed by atoms with Crippen molar-refractivity contribution < 1.29 is 0 Å². The smallest absolute Gasteiger partial charge is 0.164 e. The fraction of sp³-hybridized carbons (Fsp3) is 0.0222. The minimum Gasteiger partial charge on any atom is -0.208 e. The lowest BCUT2D eigenvalue weighted by molar-refractivity contribution is 0.768. The standard InChI is InChI=1S/C45H28N4/c46-29-30-15-14-22-34(27-30)45(33-20-8-3-9-21-33)39-26-13-12-25-37(39)41-36-24-11-10-23-35(36)38(28-40(41)45)44-48-42(31-16-4-1-5-17-31)47-43(49-44)32-18-6-2-7-19-32/h1-28H. The molecular weight excluding hydrogens is 597 g/mol. The molecule has 1 unspecified atom stereocenters. The lowest BCUT2D eigenvalue weighted by atomic mass is 9.67. The molecule has 1 atom stereocenters. The van der Waals surface area contributed by atoms with Gasteiger partial charge in [0.25, 0.3) is 0 Å². The summed E-state index contributed by atoms with van der Waals surface area (Å²) in [4.78, 5) is 15.3. The number of hydrogen-bond acceptors (Lipinski definition) is 4. The molecular formula is C45H28N4. The minimum atomic E-state index is -0.698. The summed E-state index contributed by atoms with van der Waals surface area (Å²) in [6.07, 6.45) is 0. The number of fused-ring (bicyclic) bond motifs is 5. The molecule has 4 heteroatoms. The van der Waals surface area contributed by atoms with Crippen LogP contribution in [0.2, 0.25) is 0 Å². The fourth-order valence-electron chi connectivity index (χ4n) is 7.55. The van der Waals surface area contributed by atoms with E-state index in [1.807, 2.05) is 78.9 Å². The van der Waals surface area contributed by atoms with Crippen molar-refractivity contribution in [2.75, 3.05) is 0 Å². The zero-order chi connectivity index (χ0) is 32.8. The Hall–Kier alpha value is -6.70. The van der Waals surface area contributed by atoms with Crippen molar-refractivity contribution >= 4 is 10.8 Å². The van der Waals surface area contributed by atoms with Crippen molar-refractivity contribution in [2.45, 2.75) is 5.41 Å². The molecule has 0 saturated carbocycles. The summed E-state index contributed by atoms with van der Waals surface area (Å²) >= 11 is 0. The van der Waals surface area contributed by atoms with E-state index in [0.717, 1.165) is 44.2 Å². The third-order valence-corrected chi connectivity index (χ3v) is 9.62. The molecule has 0 radical (unpaired) electrons. The predicted octanol–water partition coefficient (Wildman–Crippen LogP) is 10.3. The summed E-state index contributed by atoms with van der Waals surface area (Å²) in [5.41, 5.74) is 9.54. The Morgan fingerprint density at radius 2 is 0.980 bits per heavy atom. The molecule has 0 bridgehead atoms. The first-order valence-electron chi connectivity index (χ1n) is 16.4. The topological polar surface area (TPSA) is 62.5 Å². The summed E-state index contributed by atoms with van der Waals surface area (Å²) in [7, 11) is 0. The minimum absolute atomic E-state index is 0.607. The van der Waals surface area contributed by atoms with E-state index in [4.69, 9.17) is 15.0 Å².